The third-order valence-electron chi connectivity index (χ3n) is 3.59. The van der Waals surface area contributed by atoms with E-state index < -0.39 is 0 Å². The predicted octanol–water partition coefficient (Wildman–Crippen LogP) is 2.64. The summed E-state index contributed by atoms with van der Waals surface area (Å²) < 4.78 is 3.10. The van der Waals surface area contributed by atoms with E-state index in [1.807, 2.05) is 24.0 Å². The second-order valence-corrected chi connectivity index (χ2v) is 5.57. The second-order valence-electron chi connectivity index (χ2n) is 4.78. The van der Waals surface area contributed by atoms with Crippen LogP contribution in [0.1, 0.15) is 24.5 Å². The lowest BCUT2D eigenvalue weighted by molar-refractivity contribution is 0.449. The molecule has 0 unspecified atom stereocenters. The van der Waals surface area contributed by atoms with Gasteiger partial charge in [-0.1, -0.05) is 0 Å². The highest BCUT2D eigenvalue weighted by molar-refractivity contribution is 9.10. The number of rotatable bonds is 2. The van der Waals surface area contributed by atoms with E-state index >= 15 is 0 Å². The van der Waals surface area contributed by atoms with Crippen LogP contribution in [-0.4, -0.2) is 27.9 Å². The molecular weight excluding hydrogens is 292 g/mol. The molecule has 18 heavy (non-hydrogen) atoms. The maximum Gasteiger partial charge on any atom is 0.0986 e. The SMILES string of the molecule is Cn1nc(C2CCNCC2)c(Br)c1-c1ccc[nH]1. The minimum absolute atomic E-state index is 0.565. The highest BCUT2D eigenvalue weighted by Gasteiger charge is 2.24. The van der Waals surface area contributed by atoms with Gasteiger partial charge in [0.05, 0.1) is 21.6 Å². The lowest BCUT2D eigenvalue weighted by atomic mass is 9.94. The van der Waals surface area contributed by atoms with E-state index in [0.717, 1.165) is 29.0 Å². The van der Waals surface area contributed by atoms with E-state index in [-0.39, 0.29) is 0 Å². The van der Waals surface area contributed by atoms with Gasteiger partial charge in [0.15, 0.2) is 0 Å². The van der Waals surface area contributed by atoms with E-state index in [4.69, 9.17) is 5.10 Å². The summed E-state index contributed by atoms with van der Waals surface area (Å²) in [6.07, 6.45) is 4.28. The molecule has 4 nitrogen and oxygen atoms in total. The van der Waals surface area contributed by atoms with Crippen molar-refractivity contribution in [2.24, 2.45) is 7.05 Å². The number of aromatic amines is 1. The molecule has 1 aliphatic heterocycles. The Bertz CT molecular complexity index is 523. The van der Waals surface area contributed by atoms with Crippen LogP contribution in [0.15, 0.2) is 22.8 Å². The van der Waals surface area contributed by atoms with Crippen molar-refractivity contribution in [1.82, 2.24) is 20.1 Å². The van der Waals surface area contributed by atoms with Crippen LogP contribution >= 0.6 is 15.9 Å². The highest BCUT2D eigenvalue weighted by Crippen LogP contribution is 2.36. The first kappa shape index (κ1) is 12.0. The molecule has 0 bridgehead atoms. The van der Waals surface area contributed by atoms with Gasteiger partial charge in [-0.2, -0.15) is 5.10 Å². The number of nitrogens with one attached hydrogen (secondary N) is 2. The fourth-order valence-electron chi connectivity index (χ4n) is 2.65. The Morgan fingerprint density at radius 2 is 2.17 bits per heavy atom. The third-order valence-corrected chi connectivity index (χ3v) is 4.37. The molecule has 3 rings (SSSR count). The van der Waals surface area contributed by atoms with Crippen molar-refractivity contribution in [2.75, 3.05) is 13.1 Å². The fraction of sp³-hybridized carbons (Fsp3) is 0.462. The Labute approximate surface area is 115 Å². The molecule has 0 aliphatic carbocycles. The second kappa shape index (κ2) is 4.90. The summed E-state index contributed by atoms with van der Waals surface area (Å²) in [5.41, 5.74) is 3.44. The van der Waals surface area contributed by atoms with Gasteiger partial charge < -0.3 is 10.3 Å². The van der Waals surface area contributed by atoms with Gasteiger partial charge in [-0.15, -0.1) is 0 Å². The molecule has 2 aromatic heterocycles. The van der Waals surface area contributed by atoms with E-state index in [9.17, 15) is 0 Å². The molecule has 5 heteroatoms. The number of piperidine rings is 1. The number of hydrogen-bond acceptors (Lipinski definition) is 2. The molecule has 2 N–H and O–H groups in total. The minimum Gasteiger partial charge on any atom is -0.360 e. The Hall–Kier alpha value is -1.07. The maximum atomic E-state index is 4.71. The first-order valence-corrected chi connectivity index (χ1v) is 7.13. The zero-order valence-corrected chi connectivity index (χ0v) is 12.0. The summed E-state index contributed by atoms with van der Waals surface area (Å²) >= 11 is 3.74. The predicted molar refractivity (Wildman–Crippen MR) is 75.5 cm³/mol. The lowest BCUT2D eigenvalue weighted by Gasteiger charge is -2.21. The summed E-state index contributed by atoms with van der Waals surface area (Å²) in [6, 6.07) is 4.09. The van der Waals surface area contributed by atoms with Gasteiger partial charge in [0.1, 0.15) is 0 Å². The number of hydrogen-bond donors (Lipinski definition) is 2. The Morgan fingerprint density at radius 3 is 2.83 bits per heavy atom. The first-order chi connectivity index (χ1) is 8.77. The molecule has 0 atom stereocenters. The van der Waals surface area contributed by atoms with Gasteiger partial charge >= 0.3 is 0 Å². The van der Waals surface area contributed by atoms with Crippen LogP contribution in [0.5, 0.6) is 0 Å². The Morgan fingerprint density at radius 1 is 1.39 bits per heavy atom. The summed E-state index contributed by atoms with van der Waals surface area (Å²) in [6.45, 7) is 2.18. The van der Waals surface area contributed by atoms with E-state index in [1.54, 1.807) is 0 Å². The smallest absolute Gasteiger partial charge is 0.0986 e. The van der Waals surface area contributed by atoms with Crippen LogP contribution in [0.4, 0.5) is 0 Å². The van der Waals surface area contributed by atoms with Gasteiger partial charge in [0, 0.05) is 19.2 Å². The van der Waals surface area contributed by atoms with Gasteiger partial charge in [0.2, 0.25) is 0 Å². The molecule has 0 spiro atoms. The molecule has 1 fully saturated rings. The standard InChI is InChI=1S/C13H17BrN4/c1-18-13(10-3-2-6-16-10)11(14)12(17-18)9-4-7-15-8-5-9/h2-3,6,9,15-16H,4-5,7-8H2,1H3. The zero-order valence-electron chi connectivity index (χ0n) is 10.4. The van der Waals surface area contributed by atoms with Crippen LogP contribution in [-0.2, 0) is 7.05 Å². The summed E-state index contributed by atoms with van der Waals surface area (Å²) in [4.78, 5) is 3.25. The molecule has 0 saturated carbocycles. The summed E-state index contributed by atoms with van der Waals surface area (Å²) in [5.74, 6) is 0.565. The average Bonchev–Trinajstić information content (AvgIpc) is 2.99. The normalized spacial score (nSPS) is 17.2. The maximum absolute atomic E-state index is 4.71. The number of nitrogens with zero attached hydrogens (tertiary/aromatic N) is 2. The van der Waals surface area contributed by atoms with Crippen molar-refractivity contribution in [3.05, 3.63) is 28.5 Å². The van der Waals surface area contributed by atoms with Crippen molar-refractivity contribution in [3.8, 4) is 11.4 Å². The molecule has 0 amide bonds. The van der Waals surface area contributed by atoms with Crippen molar-refractivity contribution in [2.45, 2.75) is 18.8 Å². The number of halogens is 1. The number of aryl methyl sites for hydroxylation is 1. The molecule has 2 aromatic rings. The van der Waals surface area contributed by atoms with Crippen LogP contribution in [0.3, 0.4) is 0 Å². The largest absolute Gasteiger partial charge is 0.360 e. The van der Waals surface area contributed by atoms with Gasteiger partial charge in [-0.3, -0.25) is 4.68 Å². The van der Waals surface area contributed by atoms with Gasteiger partial charge in [-0.25, -0.2) is 0 Å². The van der Waals surface area contributed by atoms with Crippen LogP contribution in [0, 0.1) is 0 Å². The van der Waals surface area contributed by atoms with Crippen molar-refractivity contribution < 1.29 is 0 Å². The Kier molecular flexibility index (Phi) is 3.26. The molecule has 3 heterocycles. The van der Waals surface area contributed by atoms with Crippen LogP contribution < -0.4 is 5.32 Å². The molecule has 0 radical (unpaired) electrons. The van der Waals surface area contributed by atoms with Gasteiger partial charge in [0.25, 0.3) is 0 Å². The fourth-order valence-corrected chi connectivity index (χ4v) is 3.52. The average molecular weight is 309 g/mol. The van der Waals surface area contributed by atoms with Crippen molar-refractivity contribution in [3.63, 3.8) is 0 Å². The van der Waals surface area contributed by atoms with Crippen molar-refractivity contribution >= 4 is 15.9 Å². The number of H-pyrrole nitrogens is 1. The lowest BCUT2D eigenvalue weighted by Crippen LogP contribution is -2.27. The number of aromatic nitrogens is 3. The third kappa shape index (κ3) is 2.01. The molecule has 1 aliphatic rings. The van der Waals surface area contributed by atoms with Crippen LogP contribution in [0.2, 0.25) is 0 Å². The molecular formula is C13H17BrN4. The van der Waals surface area contributed by atoms with Gasteiger partial charge in [-0.05, 0) is 54.0 Å². The molecule has 96 valence electrons. The van der Waals surface area contributed by atoms with Crippen LogP contribution in [0.25, 0.3) is 11.4 Å². The highest BCUT2D eigenvalue weighted by atomic mass is 79.9. The monoisotopic (exact) mass is 308 g/mol. The minimum atomic E-state index is 0.565. The van der Waals surface area contributed by atoms with E-state index in [0.29, 0.717) is 5.92 Å². The summed E-state index contributed by atoms with van der Waals surface area (Å²) in [5, 5.41) is 8.11. The Balaban J connectivity index is 2.00. The molecule has 0 aromatic carbocycles. The first-order valence-electron chi connectivity index (χ1n) is 6.34. The van der Waals surface area contributed by atoms with E-state index in [2.05, 4.69) is 32.3 Å². The quantitative estimate of drug-likeness (QED) is 0.896. The topological polar surface area (TPSA) is 45.6 Å². The molecule has 1 saturated heterocycles. The van der Waals surface area contributed by atoms with Crippen molar-refractivity contribution in [1.29, 1.82) is 0 Å². The summed E-state index contributed by atoms with van der Waals surface area (Å²) in [7, 11) is 2.01. The zero-order chi connectivity index (χ0) is 12.5. The van der Waals surface area contributed by atoms with E-state index in [1.165, 1.54) is 18.5 Å².